The van der Waals surface area contributed by atoms with Crippen LogP contribution in [0.5, 0.6) is 0 Å². The highest BCUT2D eigenvalue weighted by Crippen LogP contribution is 2.39. The second-order valence-corrected chi connectivity index (χ2v) is 7.53. The molecule has 4 atom stereocenters. The van der Waals surface area contributed by atoms with Crippen LogP contribution in [0.1, 0.15) is 42.0 Å². The third-order valence-corrected chi connectivity index (χ3v) is 6.38. The summed E-state index contributed by atoms with van der Waals surface area (Å²) >= 11 is 0. The largest absolute Gasteiger partial charge is 0.323 e. The molecule has 0 saturated heterocycles. The number of benzene rings is 2. The molecule has 4 unspecified atom stereocenters. The van der Waals surface area contributed by atoms with Gasteiger partial charge in [-0.15, -0.1) is 0 Å². The first kappa shape index (κ1) is 14.5. The zero-order chi connectivity index (χ0) is 15.0. The van der Waals surface area contributed by atoms with Crippen LogP contribution >= 0.6 is 0 Å². The summed E-state index contributed by atoms with van der Waals surface area (Å²) in [6, 6.07) is 16.1. The number of hydrogen-bond acceptors (Lipinski definition) is 2. The predicted molar refractivity (Wildman–Crippen MR) is 87.8 cm³/mol. The Morgan fingerprint density at radius 2 is 1.67 bits per heavy atom. The summed E-state index contributed by atoms with van der Waals surface area (Å²) in [7, 11) is -1.06. The molecule has 2 aromatic rings. The molecule has 2 N–H and O–H groups in total. The SMILES string of the molecule is Cc1ccccc1S(=O)C1CC(C)c2ccccc2C1N. The average Bonchev–Trinajstić information content (AvgIpc) is 2.51. The molecule has 2 aromatic carbocycles. The van der Waals surface area contributed by atoms with Gasteiger partial charge in [0.15, 0.2) is 0 Å². The Morgan fingerprint density at radius 1 is 1.05 bits per heavy atom. The van der Waals surface area contributed by atoms with Crippen LogP contribution in [0.3, 0.4) is 0 Å². The minimum absolute atomic E-state index is 0.0176. The van der Waals surface area contributed by atoms with E-state index in [9.17, 15) is 4.21 Å². The first-order valence-corrected chi connectivity index (χ1v) is 8.61. The molecule has 0 heterocycles. The third kappa shape index (κ3) is 2.56. The van der Waals surface area contributed by atoms with Crippen LogP contribution in [0.25, 0.3) is 0 Å². The highest BCUT2D eigenvalue weighted by Gasteiger charge is 2.35. The Kier molecular flexibility index (Phi) is 3.96. The van der Waals surface area contributed by atoms with Crippen LogP contribution in [-0.2, 0) is 10.8 Å². The van der Waals surface area contributed by atoms with Crippen molar-refractivity contribution in [3.05, 3.63) is 65.2 Å². The van der Waals surface area contributed by atoms with E-state index < -0.39 is 10.8 Å². The van der Waals surface area contributed by atoms with E-state index >= 15 is 0 Å². The first-order valence-electron chi connectivity index (χ1n) is 7.40. The molecule has 1 aliphatic carbocycles. The number of fused-ring (bicyclic) bond motifs is 1. The molecule has 1 aliphatic rings. The van der Waals surface area contributed by atoms with Gasteiger partial charge in [-0.1, -0.05) is 49.4 Å². The van der Waals surface area contributed by atoms with Gasteiger partial charge in [0, 0.05) is 10.9 Å². The fourth-order valence-electron chi connectivity index (χ4n) is 3.25. The highest BCUT2D eigenvalue weighted by atomic mass is 32.2. The van der Waals surface area contributed by atoms with Gasteiger partial charge in [-0.2, -0.15) is 0 Å². The maximum Gasteiger partial charge on any atom is 0.0593 e. The fourth-order valence-corrected chi connectivity index (χ4v) is 5.05. The molecule has 0 amide bonds. The molecule has 0 bridgehead atoms. The normalized spacial score (nSPS) is 26.1. The van der Waals surface area contributed by atoms with Crippen LogP contribution in [0.4, 0.5) is 0 Å². The Hall–Kier alpha value is -1.45. The predicted octanol–water partition coefficient (Wildman–Crippen LogP) is 3.68. The van der Waals surface area contributed by atoms with Crippen LogP contribution < -0.4 is 5.73 Å². The van der Waals surface area contributed by atoms with E-state index in [0.29, 0.717) is 5.92 Å². The standard InChI is InChI=1S/C18H21NOS/c1-12-7-3-6-10-16(12)21(20)17-11-13(2)14-8-4-5-9-15(14)18(17)19/h3-10,13,17-18H,11,19H2,1-2H3. The summed E-state index contributed by atoms with van der Waals surface area (Å²) in [5, 5.41) is -0.0176. The van der Waals surface area contributed by atoms with Gasteiger partial charge in [-0.3, -0.25) is 4.21 Å². The lowest BCUT2D eigenvalue weighted by atomic mass is 9.81. The van der Waals surface area contributed by atoms with E-state index in [-0.39, 0.29) is 11.3 Å². The van der Waals surface area contributed by atoms with E-state index in [1.165, 1.54) is 5.56 Å². The quantitative estimate of drug-likeness (QED) is 0.919. The molecular formula is C18H21NOS. The summed E-state index contributed by atoms with van der Waals surface area (Å²) in [6.45, 7) is 4.21. The molecule has 0 spiro atoms. The summed E-state index contributed by atoms with van der Waals surface area (Å²) in [4.78, 5) is 0.921. The van der Waals surface area contributed by atoms with Crippen LogP contribution in [0, 0.1) is 6.92 Å². The van der Waals surface area contributed by atoms with Gasteiger partial charge in [0.1, 0.15) is 0 Å². The highest BCUT2D eigenvalue weighted by molar-refractivity contribution is 7.85. The first-order chi connectivity index (χ1) is 10.1. The van der Waals surface area contributed by atoms with Crippen LogP contribution in [-0.4, -0.2) is 9.46 Å². The molecule has 3 heteroatoms. The van der Waals surface area contributed by atoms with Crippen molar-refractivity contribution in [2.75, 3.05) is 0 Å². The maximum absolute atomic E-state index is 13.0. The number of nitrogens with two attached hydrogens (primary N) is 1. The van der Waals surface area contributed by atoms with E-state index in [1.807, 2.05) is 37.3 Å². The molecule has 21 heavy (non-hydrogen) atoms. The molecule has 0 aliphatic heterocycles. The van der Waals surface area contributed by atoms with Gasteiger partial charge >= 0.3 is 0 Å². The van der Waals surface area contributed by atoms with Crippen molar-refractivity contribution < 1.29 is 4.21 Å². The third-order valence-electron chi connectivity index (χ3n) is 4.46. The second kappa shape index (κ2) is 5.74. The van der Waals surface area contributed by atoms with Crippen molar-refractivity contribution in [2.24, 2.45) is 5.73 Å². The van der Waals surface area contributed by atoms with Gasteiger partial charge in [0.2, 0.25) is 0 Å². The number of rotatable bonds is 2. The van der Waals surface area contributed by atoms with Crippen molar-refractivity contribution in [3.8, 4) is 0 Å². The molecule has 0 aromatic heterocycles. The van der Waals surface area contributed by atoms with E-state index in [2.05, 4.69) is 25.1 Å². The molecule has 2 nitrogen and oxygen atoms in total. The summed E-state index contributed by atoms with van der Waals surface area (Å²) in [5.74, 6) is 0.402. The monoisotopic (exact) mass is 299 g/mol. The minimum Gasteiger partial charge on any atom is -0.323 e. The Balaban J connectivity index is 1.98. The molecule has 0 fully saturated rings. The van der Waals surface area contributed by atoms with Gasteiger partial charge < -0.3 is 5.73 Å². The zero-order valence-electron chi connectivity index (χ0n) is 12.5. The molecule has 3 rings (SSSR count). The topological polar surface area (TPSA) is 43.1 Å². The van der Waals surface area contributed by atoms with Crippen LogP contribution in [0.2, 0.25) is 0 Å². The van der Waals surface area contributed by atoms with Gasteiger partial charge in [-0.25, -0.2) is 0 Å². The Morgan fingerprint density at radius 3 is 2.38 bits per heavy atom. The summed E-state index contributed by atoms with van der Waals surface area (Å²) in [5.41, 5.74) is 9.99. The lowest BCUT2D eigenvalue weighted by molar-refractivity contribution is 0.513. The van der Waals surface area contributed by atoms with Crippen LogP contribution in [0.15, 0.2) is 53.4 Å². The van der Waals surface area contributed by atoms with Gasteiger partial charge in [0.25, 0.3) is 0 Å². The van der Waals surface area contributed by atoms with Gasteiger partial charge in [-0.05, 0) is 42.0 Å². The smallest absolute Gasteiger partial charge is 0.0593 e. The average molecular weight is 299 g/mol. The van der Waals surface area contributed by atoms with E-state index in [0.717, 1.165) is 22.4 Å². The van der Waals surface area contributed by atoms with Crippen molar-refractivity contribution >= 4 is 10.8 Å². The zero-order valence-corrected chi connectivity index (χ0v) is 13.3. The Labute approximate surface area is 128 Å². The summed E-state index contributed by atoms with van der Waals surface area (Å²) < 4.78 is 13.0. The van der Waals surface area contributed by atoms with Crippen molar-refractivity contribution in [1.29, 1.82) is 0 Å². The fraction of sp³-hybridized carbons (Fsp3) is 0.333. The Bertz CT molecular complexity index is 682. The number of aryl methyl sites for hydroxylation is 1. The molecule has 110 valence electrons. The lowest BCUT2D eigenvalue weighted by Crippen LogP contribution is -2.36. The van der Waals surface area contributed by atoms with Crippen molar-refractivity contribution in [3.63, 3.8) is 0 Å². The van der Waals surface area contributed by atoms with Gasteiger partial charge in [0.05, 0.1) is 16.0 Å². The second-order valence-electron chi connectivity index (χ2n) is 5.89. The van der Waals surface area contributed by atoms with E-state index in [4.69, 9.17) is 5.73 Å². The molecule has 0 saturated carbocycles. The maximum atomic E-state index is 13.0. The minimum atomic E-state index is -1.06. The lowest BCUT2D eigenvalue weighted by Gasteiger charge is -2.34. The number of hydrogen-bond donors (Lipinski definition) is 1. The summed E-state index contributed by atoms with van der Waals surface area (Å²) in [6.07, 6.45) is 0.874. The van der Waals surface area contributed by atoms with Crippen molar-refractivity contribution in [1.82, 2.24) is 0 Å². The van der Waals surface area contributed by atoms with Crippen molar-refractivity contribution in [2.45, 2.75) is 42.4 Å². The molecular weight excluding hydrogens is 278 g/mol. The van der Waals surface area contributed by atoms with E-state index in [1.54, 1.807) is 0 Å². The molecule has 0 radical (unpaired) electrons.